The number of nitrogens with zero attached hydrogens (tertiary/aromatic N) is 3. The molecule has 2 aromatic rings. The Morgan fingerprint density at radius 2 is 1.65 bits per heavy atom. The third kappa shape index (κ3) is 5.20. The van der Waals surface area contributed by atoms with Crippen LogP contribution in [0, 0.1) is 6.92 Å². The molecule has 3 heteroatoms. The summed E-state index contributed by atoms with van der Waals surface area (Å²) in [6, 6.07) is 5.76. The van der Waals surface area contributed by atoms with Crippen LogP contribution in [0.25, 0.3) is 11.3 Å². The highest BCUT2D eigenvalue weighted by atomic mass is 14.9. The van der Waals surface area contributed by atoms with Gasteiger partial charge in [-0.25, -0.2) is 9.97 Å². The van der Waals surface area contributed by atoms with Gasteiger partial charge in [0.1, 0.15) is 5.82 Å². The van der Waals surface area contributed by atoms with E-state index in [0.29, 0.717) is 0 Å². The largest absolute Gasteiger partial charge is 0.264 e. The molecular formula is C14H21N3. The molecule has 0 aliphatic carbocycles. The predicted molar refractivity (Wildman–Crippen MR) is 72.7 cm³/mol. The summed E-state index contributed by atoms with van der Waals surface area (Å²) in [7, 11) is 0. The summed E-state index contributed by atoms with van der Waals surface area (Å²) in [5, 5.41) is 0. The molecule has 92 valence electrons. The molecule has 17 heavy (non-hydrogen) atoms. The highest BCUT2D eigenvalue weighted by molar-refractivity contribution is 5.56. The fraction of sp³-hybridized carbons (Fsp3) is 0.357. The van der Waals surface area contributed by atoms with Crippen molar-refractivity contribution in [3.05, 3.63) is 42.6 Å². The summed E-state index contributed by atoms with van der Waals surface area (Å²) in [6.07, 6.45) is 5.30. The lowest BCUT2D eigenvalue weighted by Crippen LogP contribution is -1.89. The van der Waals surface area contributed by atoms with Crippen molar-refractivity contribution in [2.45, 2.75) is 34.6 Å². The van der Waals surface area contributed by atoms with Gasteiger partial charge in [0, 0.05) is 24.2 Å². The molecule has 0 aromatic carbocycles. The standard InChI is InChI=1S/C10H9N3.2C2H6/c1-8-12-6-4-10(13-8)9-3-2-5-11-7-9;2*1-2/h2-7H,1H3;2*1-2H3. The number of hydrogen-bond acceptors (Lipinski definition) is 3. The van der Waals surface area contributed by atoms with Crippen molar-refractivity contribution < 1.29 is 0 Å². The van der Waals surface area contributed by atoms with Gasteiger partial charge in [0.2, 0.25) is 0 Å². The van der Waals surface area contributed by atoms with Crippen molar-refractivity contribution in [2.75, 3.05) is 0 Å². The summed E-state index contributed by atoms with van der Waals surface area (Å²) >= 11 is 0. The van der Waals surface area contributed by atoms with Gasteiger partial charge in [-0.3, -0.25) is 4.98 Å². The Labute approximate surface area is 104 Å². The van der Waals surface area contributed by atoms with Crippen LogP contribution >= 0.6 is 0 Å². The Hall–Kier alpha value is -1.77. The Morgan fingerprint density at radius 1 is 0.941 bits per heavy atom. The molecule has 2 aromatic heterocycles. The highest BCUT2D eigenvalue weighted by Crippen LogP contribution is 2.13. The van der Waals surface area contributed by atoms with Crippen LogP contribution in [0.4, 0.5) is 0 Å². The Bertz CT molecular complexity index is 399. The van der Waals surface area contributed by atoms with Crippen molar-refractivity contribution in [3.8, 4) is 11.3 Å². The second-order valence-electron chi connectivity index (χ2n) is 2.73. The van der Waals surface area contributed by atoms with Gasteiger partial charge < -0.3 is 0 Å². The van der Waals surface area contributed by atoms with E-state index in [-0.39, 0.29) is 0 Å². The van der Waals surface area contributed by atoms with Gasteiger partial charge in [-0.2, -0.15) is 0 Å². The molecule has 0 fully saturated rings. The van der Waals surface area contributed by atoms with Crippen molar-refractivity contribution in [3.63, 3.8) is 0 Å². The summed E-state index contributed by atoms with van der Waals surface area (Å²) in [5.74, 6) is 0.779. The zero-order chi connectivity index (χ0) is 13.1. The highest BCUT2D eigenvalue weighted by Gasteiger charge is 1.97. The van der Waals surface area contributed by atoms with Crippen LogP contribution in [-0.4, -0.2) is 15.0 Å². The maximum atomic E-state index is 4.29. The molecule has 0 aliphatic rings. The smallest absolute Gasteiger partial charge is 0.125 e. The van der Waals surface area contributed by atoms with E-state index >= 15 is 0 Å². The van der Waals surface area contributed by atoms with E-state index in [9.17, 15) is 0 Å². The van der Waals surface area contributed by atoms with Gasteiger partial charge in [0.25, 0.3) is 0 Å². The molecule has 0 unspecified atom stereocenters. The first-order chi connectivity index (χ1) is 8.36. The number of aryl methyl sites for hydroxylation is 1. The lowest BCUT2D eigenvalue weighted by atomic mass is 10.2. The van der Waals surface area contributed by atoms with E-state index in [1.54, 1.807) is 18.6 Å². The molecule has 0 saturated carbocycles. The summed E-state index contributed by atoms with van der Waals surface area (Å²) in [5.41, 5.74) is 1.94. The van der Waals surface area contributed by atoms with Crippen LogP contribution in [0.15, 0.2) is 36.8 Å². The van der Waals surface area contributed by atoms with E-state index in [1.165, 1.54) is 0 Å². The Kier molecular flexibility index (Phi) is 8.47. The first-order valence-corrected chi connectivity index (χ1v) is 6.06. The van der Waals surface area contributed by atoms with E-state index in [4.69, 9.17) is 0 Å². The third-order valence-corrected chi connectivity index (χ3v) is 1.73. The zero-order valence-corrected chi connectivity index (χ0v) is 11.3. The second-order valence-corrected chi connectivity index (χ2v) is 2.73. The molecule has 0 saturated heterocycles. The molecule has 2 heterocycles. The van der Waals surface area contributed by atoms with E-state index < -0.39 is 0 Å². The van der Waals surface area contributed by atoms with Gasteiger partial charge in [-0.15, -0.1) is 0 Å². The number of aromatic nitrogens is 3. The fourth-order valence-corrected chi connectivity index (χ4v) is 1.13. The van der Waals surface area contributed by atoms with Crippen LogP contribution in [0.1, 0.15) is 33.5 Å². The lowest BCUT2D eigenvalue weighted by Gasteiger charge is -1.99. The monoisotopic (exact) mass is 231 g/mol. The van der Waals surface area contributed by atoms with Crippen molar-refractivity contribution >= 4 is 0 Å². The average molecular weight is 231 g/mol. The Balaban J connectivity index is 0.000000581. The topological polar surface area (TPSA) is 38.7 Å². The third-order valence-electron chi connectivity index (χ3n) is 1.73. The molecule has 0 bridgehead atoms. The molecule has 0 N–H and O–H groups in total. The van der Waals surface area contributed by atoms with Gasteiger partial charge in [0.15, 0.2) is 0 Å². The van der Waals surface area contributed by atoms with Crippen LogP contribution in [0.2, 0.25) is 0 Å². The van der Waals surface area contributed by atoms with E-state index in [0.717, 1.165) is 17.1 Å². The minimum absolute atomic E-state index is 0.779. The maximum absolute atomic E-state index is 4.29. The second kappa shape index (κ2) is 9.46. The van der Waals surface area contributed by atoms with Gasteiger partial charge in [-0.1, -0.05) is 27.7 Å². The quantitative estimate of drug-likeness (QED) is 0.747. The van der Waals surface area contributed by atoms with Crippen LogP contribution < -0.4 is 0 Å². The predicted octanol–water partition coefficient (Wildman–Crippen LogP) is 3.90. The molecule has 0 radical (unpaired) electrons. The van der Waals surface area contributed by atoms with Crippen LogP contribution in [-0.2, 0) is 0 Å². The molecule has 0 spiro atoms. The van der Waals surface area contributed by atoms with Crippen LogP contribution in [0.3, 0.4) is 0 Å². The normalized spacial score (nSPS) is 8.29. The number of pyridine rings is 1. The van der Waals surface area contributed by atoms with E-state index in [2.05, 4.69) is 15.0 Å². The van der Waals surface area contributed by atoms with Crippen molar-refractivity contribution in [1.29, 1.82) is 0 Å². The molecule has 2 rings (SSSR count). The first kappa shape index (κ1) is 15.2. The SMILES string of the molecule is CC.CC.Cc1nccc(-c2cccnc2)n1. The molecule has 3 nitrogen and oxygen atoms in total. The number of hydrogen-bond donors (Lipinski definition) is 0. The summed E-state index contributed by atoms with van der Waals surface area (Å²) in [4.78, 5) is 12.4. The van der Waals surface area contributed by atoms with Gasteiger partial charge >= 0.3 is 0 Å². The van der Waals surface area contributed by atoms with Crippen LogP contribution in [0.5, 0.6) is 0 Å². The molecular weight excluding hydrogens is 210 g/mol. The Morgan fingerprint density at radius 3 is 2.18 bits per heavy atom. The summed E-state index contributed by atoms with van der Waals surface area (Å²) in [6.45, 7) is 9.87. The molecule has 0 amide bonds. The molecule has 0 aliphatic heterocycles. The fourth-order valence-electron chi connectivity index (χ4n) is 1.13. The number of rotatable bonds is 1. The van der Waals surface area contributed by atoms with Gasteiger partial charge in [-0.05, 0) is 25.1 Å². The summed E-state index contributed by atoms with van der Waals surface area (Å²) < 4.78 is 0. The van der Waals surface area contributed by atoms with Gasteiger partial charge in [0.05, 0.1) is 5.69 Å². The van der Waals surface area contributed by atoms with Crippen molar-refractivity contribution in [1.82, 2.24) is 15.0 Å². The first-order valence-electron chi connectivity index (χ1n) is 6.06. The van der Waals surface area contributed by atoms with Crippen molar-refractivity contribution in [2.24, 2.45) is 0 Å². The minimum atomic E-state index is 0.779. The zero-order valence-electron chi connectivity index (χ0n) is 11.3. The molecule has 0 atom stereocenters. The maximum Gasteiger partial charge on any atom is 0.125 e. The lowest BCUT2D eigenvalue weighted by molar-refractivity contribution is 1.06. The van der Waals surface area contributed by atoms with E-state index in [1.807, 2.05) is 52.8 Å². The minimum Gasteiger partial charge on any atom is -0.264 e. The average Bonchev–Trinajstić information content (AvgIpc) is 2.44.